The molecule has 0 unspecified atom stereocenters. The Morgan fingerprint density at radius 2 is 1.71 bits per heavy atom. The summed E-state index contributed by atoms with van der Waals surface area (Å²) in [4.78, 5) is 24.2. The number of benzene rings is 2. The predicted octanol–water partition coefficient (Wildman–Crippen LogP) is 2.89. The maximum atomic E-state index is 13.7. The minimum atomic E-state index is -1.31. The third-order valence-electron chi connectivity index (χ3n) is 3.05. The number of carbonyl (C=O) groups excluding carboxylic acids is 1. The van der Waals surface area contributed by atoms with Crippen molar-refractivity contribution >= 4 is 11.9 Å². The number of carboxylic acids is 1. The van der Waals surface area contributed by atoms with E-state index in [1.54, 1.807) is 38.4 Å². The Balaban J connectivity index is 2.43. The predicted molar refractivity (Wildman–Crippen MR) is 76.8 cm³/mol. The molecule has 4 nitrogen and oxygen atoms in total. The Morgan fingerprint density at radius 3 is 2.29 bits per heavy atom. The minimum absolute atomic E-state index is 0.153. The van der Waals surface area contributed by atoms with E-state index < -0.39 is 11.8 Å². The van der Waals surface area contributed by atoms with E-state index in [2.05, 4.69) is 0 Å². The standard InChI is InChI=1S/C16H14FNO3/c1-18(2)15(19)12-5-3-4-10(8-12)11-6-7-13(16(20)21)14(17)9-11/h3-9H,1-2H3,(H,20,21). The lowest BCUT2D eigenvalue weighted by Gasteiger charge is -2.11. The van der Waals surface area contributed by atoms with Gasteiger partial charge in [-0.25, -0.2) is 9.18 Å². The highest BCUT2D eigenvalue weighted by Crippen LogP contribution is 2.23. The van der Waals surface area contributed by atoms with Crippen molar-refractivity contribution in [3.05, 3.63) is 59.4 Å². The Labute approximate surface area is 121 Å². The van der Waals surface area contributed by atoms with Gasteiger partial charge in [-0.1, -0.05) is 18.2 Å². The van der Waals surface area contributed by atoms with E-state index in [4.69, 9.17) is 5.11 Å². The molecule has 2 rings (SSSR count). The quantitative estimate of drug-likeness (QED) is 0.944. The van der Waals surface area contributed by atoms with Gasteiger partial charge in [0.1, 0.15) is 5.82 Å². The van der Waals surface area contributed by atoms with Gasteiger partial charge in [0.15, 0.2) is 0 Å². The van der Waals surface area contributed by atoms with Crippen LogP contribution in [0, 0.1) is 5.82 Å². The van der Waals surface area contributed by atoms with Crippen molar-refractivity contribution in [3.63, 3.8) is 0 Å². The van der Waals surface area contributed by atoms with Gasteiger partial charge in [0.25, 0.3) is 5.91 Å². The number of hydrogen-bond donors (Lipinski definition) is 1. The number of carboxylic acid groups (broad SMARTS) is 1. The van der Waals surface area contributed by atoms with Crippen molar-refractivity contribution < 1.29 is 19.1 Å². The molecule has 0 saturated carbocycles. The zero-order chi connectivity index (χ0) is 15.6. The van der Waals surface area contributed by atoms with Crippen LogP contribution in [0.3, 0.4) is 0 Å². The summed E-state index contributed by atoms with van der Waals surface area (Å²) in [6.07, 6.45) is 0. The Bertz CT molecular complexity index is 710. The van der Waals surface area contributed by atoms with Gasteiger partial charge in [-0.05, 0) is 35.4 Å². The van der Waals surface area contributed by atoms with Crippen molar-refractivity contribution in [1.29, 1.82) is 0 Å². The summed E-state index contributed by atoms with van der Waals surface area (Å²) in [5.74, 6) is -2.26. The summed E-state index contributed by atoms with van der Waals surface area (Å²) in [5, 5.41) is 8.81. The zero-order valence-electron chi connectivity index (χ0n) is 11.6. The summed E-state index contributed by atoms with van der Waals surface area (Å²) < 4.78 is 13.7. The Morgan fingerprint density at radius 1 is 1.05 bits per heavy atom. The van der Waals surface area contributed by atoms with Crippen molar-refractivity contribution in [2.45, 2.75) is 0 Å². The molecule has 5 heteroatoms. The third-order valence-corrected chi connectivity index (χ3v) is 3.05. The van der Waals surface area contributed by atoms with Crippen LogP contribution < -0.4 is 0 Å². The smallest absolute Gasteiger partial charge is 0.338 e. The van der Waals surface area contributed by atoms with Crippen LogP contribution in [0.4, 0.5) is 4.39 Å². The second kappa shape index (κ2) is 5.75. The first-order valence-electron chi connectivity index (χ1n) is 6.25. The molecule has 0 aliphatic rings. The molecule has 0 radical (unpaired) electrons. The molecule has 0 heterocycles. The molecular weight excluding hydrogens is 273 g/mol. The summed E-state index contributed by atoms with van der Waals surface area (Å²) in [7, 11) is 3.30. The van der Waals surface area contributed by atoms with Crippen molar-refractivity contribution in [2.75, 3.05) is 14.1 Å². The van der Waals surface area contributed by atoms with Crippen LogP contribution in [0.15, 0.2) is 42.5 Å². The topological polar surface area (TPSA) is 57.6 Å². The van der Waals surface area contributed by atoms with Gasteiger partial charge in [-0.3, -0.25) is 4.79 Å². The molecule has 21 heavy (non-hydrogen) atoms. The highest BCUT2D eigenvalue weighted by molar-refractivity contribution is 5.95. The second-order valence-corrected chi connectivity index (χ2v) is 4.78. The lowest BCUT2D eigenvalue weighted by Crippen LogP contribution is -2.21. The first kappa shape index (κ1) is 14.7. The highest BCUT2D eigenvalue weighted by Gasteiger charge is 2.13. The van der Waals surface area contributed by atoms with E-state index in [-0.39, 0.29) is 11.5 Å². The zero-order valence-corrected chi connectivity index (χ0v) is 11.6. The molecular formula is C16H14FNO3. The molecule has 1 N–H and O–H groups in total. The van der Waals surface area contributed by atoms with Crippen molar-refractivity contribution in [1.82, 2.24) is 4.90 Å². The average molecular weight is 287 g/mol. The fourth-order valence-corrected chi connectivity index (χ4v) is 1.96. The SMILES string of the molecule is CN(C)C(=O)c1cccc(-c2ccc(C(=O)O)c(F)c2)c1. The molecule has 0 spiro atoms. The number of carbonyl (C=O) groups is 2. The van der Waals surface area contributed by atoms with E-state index in [0.717, 1.165) is 6.07 Å². The summed E-state index contributed by atoms with van der Waals surface area (Å²) in [6, 6.07) is 10.7. The first-order chi connectivity index (χ1) is 9.90. The monoisotopic (exact) mass is 287 g/mol. The molecule has 1 amide bonds. The molecule has 108 valence electrons. The lowest BCUT2D eigenvalue weighted by molar-refractivity contribution is 0.0691. The maximum absolute atomic E-state index is 13.7. The third kappa shape index (κ3) is 3.08. The fourth-order valence-electron chi connectivity index (χ4n) is 1.96. The average Bonchev–Trinajstić information content (AvgIpc) is 2.46. The van der Waals surface area contributed by atoms with E-state index in [9.17, 15) is 14.0 Å². The van der Waals surface area contributed by atoms with Gasteiger partial charge in [-0.15, -0.1) is 0 Å². The van der Waals surface area contributed by atoms with Crippen molar-refractivity contribution in [2.24, 2.45) is 0 Å². The van der Waals surface area contributed by atoms with E-state index >= 15 is 0 Å². The van der Waals surface area contributed by atoms with Gasteiger partial charge in [0.05, 0.1) is 5.56 Å². The summed E-state index contributed by atoms with van der Waals surface area (Å²) in [6.45, 7) is 0. The van der Waals surface area contributed by atoms with E-state index in [1.165, 1.54) is 17.0 Å². The van der Waals surface area contributed by atoms with Crippen molar-refractivity contribution in [3.8, 4) is 11.1 Å². The van der Waals surface area contributed by atoms with Crippen LogP contribution in [0.1, 0.15) is 20.7 Å². The molecule has 0 fully saturated rings. The molecule has 0 saturated heterocycles. The maximum Gasteiger partial charge on any atom is 0.338 e. The Hall–Kier alpha value is -2.69. The fraction of sp³-hybridized carbons (Fsp3) is 0.125. The van der Waals surface area contributed by atoms with Gasteiger partial charge in [0.2, 0.25) is 0 Å². The molecule has 2 aromatic carbocycles. The van der Waals surface area contributed by atoms with E-state index in [1.807, 2.05) is 0 Å². The lowest BCUT2D eigenvalue weighted by atomic mass is 10.0. The van der Waals surface area contributed by atoms with Crippen LogP contribution >= 0.6 is 0 Å². The highest BCUT2D eigenvalue weighted by atomic mass is 19.1. The van der Waals surface area contributed by atoms with Crippen LogP contribution in [0.2, 0.25) is 0 Å². The summed E-state index contributed by atoms with van der Waals surface area (Å²) in [5.41, 5.74) is 1.28. The molecule has 0 aromatic heterocycles. The first-order valence-corrected chi connectivity index (χ1v) is 6.25. The largest absolute Gasteiger partial charge is 0.478 e. The van der Waals surface area contributed by atoms with Gasteiger partial charge >= 0.3 is 5.97 Å². The number of amides is 1. The van der Waals surface area contributed by atoms with Crippen LogP contribution in [-0.2, 0) is 0 Å². The van der Waals surface area contributed by atoms with Crippen LogP contribution in [0.5, 0.6) is 0 Å². The molecule has 0 atom stereocenters. The molecule has 0 aliphatic heterocycles. The van der Waals surface area contributed by atoms with Gasteiger partial charge < -0.3 is 10.0 Å². The van der Waals surface area contributed by atoms with Gasteiger partial charge in [0, 0.05) is 19.7 Å². The minimum Gasteiger partial charge on any atom is -0.478 e. The molecule has 0 aliphatic carbocycles. The van der Waals surface area contributed by atoms with Crippen LogP contribution in [-0.4, -0.2) is 36.0 Å². The van der Waals surface area contributed by atoms with E-state index in [0.29, 0.717) is 16.7 Å². The number of hydrogen-bond acceptors (Lipinski definition) is 2. The Kier molecular flexibility index (Phi) is 4.03. The van der Waals surface area contributed by atoms with Gasteiger partial charge in [-0.2, -0.15) is 0 Å². The normalized spacial score (nSPS) is 10.2. The number of nitrogens with zero attached hydrogens (tertiary/aromatic N) is 1. The molecule has 2 aromatic rings. The number of aromatic carboxylic acids is 1. The molecule has 0 bridgehead atoms. The number of rotatable bonds is 3. The summed E-state index contributed by atoms with van der Waals surface area (Å²) >= 11 is 0. The number of halogens is 1. The second-order valence-electron chi connectivity index (χ2n) is 4.78. The van der Waals surface area contributed by atoms with Crippen LogP contribution in [0.25, 0.3) is 11.1 Å².